The number of hydrogen-bond acceptors (Lipinski definition) is 4. The summed E-state index contributed by atoms with van der Waals surface area (Å²) >= 11 is 0. The van der Waals surface area contributed by atoms with Crippen LogP contribution in [-0.4, -0.2) is 18.2 Å². The highest BCUT2D eigenvalue weighted by molar-refractivity contribution is 7.89. The Kier molecular flexibility index (Phi) is 5.47. The van der Waals surface area contributed by atoms with Gasteiger partial charge in [0.2, 0.25) is 10.0 Å². The van der Waals surface area contributed by atoms with Crippen LogP contribution in [0.25, 0.3) is 22.0 Å². The first-order valence-corrected chi connectivity index (χ1v) is 11.4. The minimum absolute atomic E-state index is 0.188. The van der Waals surface area contributed by atoms with Crippen LogP contribution >= 0.6 is 0 Å². The molecular formula is C24H23N3O3S. The monoisotopic (exact) mass is 433 g/mol. The van der Waals surface area contributed by atoms with Gasteiger partial charge in [-0.3, -0.25) is 4.79 Å². The molecule has 4 rings (SSSR count). The zero-order chi connectivity index (χ0) is 22.2. The summed E-state index contributed by atoms with van der Waals surface area (Å²) in [6.07, 6.45) is 0. The van der Waals surface area contributed by atoms with E-state index in [1.165, 1.54) is 4.68 Å². The second-order valence-corrected chi connectivity index (χ2v) is 9.24. The van der Waals surface area contributed by atoms with Gasteiger partial charge in [-0.2, -0.15) is 5.10 Å². The molecule has 158 valence electrons. The molecular weight excluding hydrogens is 410 g/mol. The van der Waals surface area contributed by atoms with Gasteiger partial charge < -0.3 is 0 Å². The van der Waals surface area contributed by atoms with Crippen LogP contribution in [0.1, 0.15) is 24.1 Å². The van der Waals surface area contributed by atoms with E-state index >= 15 is 0 Å². The van der Waals surface area contributed by atoms with Crippen molar-refractivity contribution in [1.29, 1.82) is 0 Å². The lowest BCUT2D eigenvalue weighted by Crippen LogP contribution is -2.27. The minimum Gasteiger partial charge on any atom is -0.267 e. The first-order valence-electron chi connectivity index (χ1n) is 9.92. The van der Waals surface area contributed by atoms with Gasteiger partial charge in [0.15, 0.2) is 0 Å². The number of sulfonamides is 1. The van der Waals surface area contributed by atoms with Gasteiger partial charge in [-0.1, -0.05) is 60.7 Å². The molecule has 1 N–H and O–H groups in total. The Morgan fingerprint density at radius 3 is 2.29 bits per heavy atom. The van der Waals surface area contributed by atoms with E-state index in [2.05, 4.69) is 9.82 Å². The topological polar surface area (TPSA) is 81.1 Å². The Morgan fingerprint density at radius 2 is 1.58 bits per heavy atom. The third-order valence-corrected chi connectivity index (χ3v) is 7.02. The Balaban J connectivity index is 1.81. The minimum atomic E-state index is -3.79. The number of hydrogen-bond donors (Lipinski definition) is 1. The molecule has 0 spiro atoms. The molecule has 0 aliphatic heterocycles. The summed E-state index contributed by atoms with van der Waals surface area (Å²) in [5, 5.41) is 5.64. The van der Waals surface area contributed by atoms with Crippen LogP contribution in [0.4, 0.5) is 0 Å². The number of aryl methyl sites for hydroxylation is 2. The quantitative estimate of drug-likeness (QED) is 0.517. The molecule has 1 heterocycles. The number of nitrogens with zero attached hydrogens (tertiary/aromatic N) is 2. The second-order valence-electron chi connectivity index (χ2n) is 7.56. The Bertz CT molecular complexity index is 1430. The molecule has 7 heteroatoms. The van der Waals surface area contributed by atoms with Crippen molar-refractivity contribution >= 4 is 20.8 Å². The molecule has 1 aromatic heterocycles. The summed E-state index contributed by atoms with van der Waals surface area (Å²) in [4.78, 5) is 12.6. The maximum Gasteiger partial charge on any atom is 0.274 e. The fourth-order valence-electron chi connectivity index (χ4n) is 3.66. The van der Waals surface area contributed by atoms with Crippen molar-refractivity contribution < 1.29 is 8.42 Å². The van der Waals surface area contributed by atoms with Gasteiger partial charge in [0.1, 0.15) is 0 Å². The SMILES string of the molecule is Cc1ccc(-c2nn(C)c(=O)c3ccccc23)cc1S(=O)(=O)NC(C)c1ccccc1. The summed E-state index contributed by atoms with van der Waals surface area (Å²) in [6, 6.07) is 21.4. The summed E-state index contributed by atoms with van der Waals surface area (Å²) in [7, 11) is -2.20. The average Bonchev–Trinajstić information content (AvgIpc) is 2.77. The lowest BCUT2D eigenvalue weighted by molar-refractivity contribution is 0.566. The molecule has 0 saturated carbocycles. The summed E-state index contributed by atoms with van der Waals surface area (Å²) < 4.78 is 30.5. The normalized spacial score (nSPS) is 12.7. The molecule has 3 aromatic carbocycles. The highest BCUT2D eigenvalue weighted by Gasteiger charge is 2.22. The molecule has 0 saturated heterocycles. The molecule has 6 nitrogen and oxygen atoms in total. The van der Waals surface area contributed by atoms with Crippen LogP contribution in [0, 0.1) is 6.92 Å². The molecule has 0 aliphatic rings. The zero-order valence-corrected chi connectivity index (χ0v) is 18.3. The summed E-state index contributed by atoms with van der Waals surface area (Å²) in [6.45, 7) is 3.58. The smallest absolute Gasteiger partial charge is 0.267 e. The van der Waals surface area contributed by atoms with E-state index in [9.17, 15) is 13.2 Å². The highest BCUT2D eigenvalue weighted by Crippen LogP contribution is 2.29. The first-order chi connectivity index (χ1) is 14.8. The van der Waals surface area contributed by atoms with Gasteiger partial charge in [-0.05, 0) is 37.1 Å². The molecule has 0 aliphatic carbocycles. The lowest BCUT2D eigenvalue weighted by atomic mass is 10.0. The van der Waals surface area contributed by atoms with E-state index in [0.717, 1.165) is 5.56 Å². The van der Waals surface area contributed by atoms with Gasteiger partial charge in [-0.25, -0.2) is 17.8 Å². The van der Waals surface area contributed by atoms with E-state index in [0.29, 0.717) is 27.6 Å². The molecule has 0 amide bonds. The maximum absolute atomic E-state index is 13.2. The Morgan fingerprint density at radius 1 is 0.935 bits per heavy atom. The van der Waals surface area contributed by atoms with Crippen LogP contribution in [-0.2, 0) is 17.1 Å². The van der Waals surface area contributed by atoms with E-state index in [1.54, 1.807) is 38.2 Å². The molecule has 31 heavy (non-hydrogen) atoms. The molecule has 1 atom stereocenters. The number of rotatable bonds is 5. The number of fused-ring (bicyclic) bond motifs is 1. The summed E-state index contributed by atoms with van der Waals surface area (Å²) in [5.41, 5.74) is 2.50. The van der Waals surface area contributed by atoms with Crippen LogP contribution in [0.5, 0.6) is 0 Å². The van der Waals surface area contributed by atoms with E-state index in [1.807, 2.05) is 55.5 Å². The molecule has 0 fully saturated rings. The standard InChI is InChI=1S/C24H23N3O3S/c1-16-13-14-19(23-20-11-7-8-12-21(20)24(28)27(3)25-23)15-22(16)31(29,30)26-17(2)18-9-5-4-6-10-18/h4-15,17,26H,1-3H3. The van der Waals surface area contributed by atoms with E-state index in [4.69, 9.17) is 0 Å². The van der Waals surface area contributed by atoms with Gasteiger partial charge in [-0.15, -0.1) is 0 Å². The molecule has 1 unspecified atom stereocenters. The summed E-state index contributed by atoms with van der Waals surface area (Å²) in [5.74, 6) is 0. The van der Waals surface area contributed by atoms with E-state index in [-0.39, 0.29) is 16.5 Å². The number of nitrogens with one attached hydrogen (secondary N) is 1. The second kappa shape index (κ2) is 8.09. The van der Waals surface area contributed by atoms with Gasteiger partial charge >= 0.3 is 0 Å². The van der Waals surface area contributed by atoms with Gasteiger partial charge in [0, 0.05) is 24.0 Å². The maximum atomic E-state index is 13.2. The van der Waals surface area contributed by atoms with Crippen LogP contribution in [0.3, 0.4) is 0 Å². The van der Waals surface area contributed by atoms with Crippen molar-refractivity contribution in [2.75, 3.05) is 0 Å². The number of benzene rings is 3. The van der Waals surface area contributed by atoms with Crippen molar-refractivity contribution in [3.05, 3.63) is 94.3 Å². The first kappa shape index (κ1) is 21.0. The predicted octanol–water partition coefficient (Wildman–Crippen LogP) is 3.95. The third-order valence-electron chi connectivity index (χ3n) is 5.34. The molecule has 0 radical (unpaired) electrons. The third kappa shape index (κ3) is 4.02. The molecule has 4 aromatic rings. The van der Waals surface area contributed by atoms with Crippen molar-refractivity contribution in [2.24, 2.45) is 7.05 Å². The van der Waals surface area contributed by atoms with Crippen molar-refractivity contribution in [2.45, 2.75) is 24.8 Å². The fraction of sp³-hybridized carbons (Fsp3) is 0.167. The Hall–Kier alpha value is -3.29. The van der Waals surface area contributed by atoms with Crippen molar-refractivity contribution in [1.82, 2.24) is 14.5 Å². The molecule has 0 bridgehead atoms. The Labute approximate surface area is 181 Å². The van der Waals surface area contributed by atoms with Crippen LogP contribution < -0.4 is 10.3 Å². The van der Waals surface area contributed by atoms with E-state index < -0.39 is 10.0 Å². The van der Waals surface area contributed by atoms with Crippen LogP contribution in [0.2, 0.25) is 0 Å². The van der Waals surface area contributed by atoms with Crippen molar-refractivity contribution in [3.8, 4) is 11.3 Å². The predicted molar refractivity (Wildman–Crippen MR) is 122 cm³/mol. The van der Waals surface area contributed by atoms with Crippen molar-refractivity contribution in [3.63, 3.8) is 0 Å². The zero-order valence-electron chi connectivity index (χ0n) is 17.5. The van der Waals surface area contributed by atoms with Gasteiger partial charge in [0.05, 0.1) is 16.0 Å². The lowest BCUT2D eigenvalue weighted by Gasteiger charge is -2.17. The number of aromatic nitrogens is 2. The average molecular weight is 434 g/mol. The largest absolute Gasteiger partial charge is 0.274 e. The van der Waals surface area contributed by atoms with Gasteiger partial charge in [0.25, 0.3) is 5.56 Å². The van der Waals surface area contributed by atoms with Crippen LogP contribution in [0.15, 0.2) is 82.5 Å². The fourth-order valence-corrected chi connectivity index (χ4v) is 5.16. The highest BCUT2D eigenvalue weighted by atomic mass is 32.2.